The zero-order valence-corrected chi connectivity index (χ0v) is 38.1. The molecule has 0 aromatic carbocycles. The van der Waals surface area contributed by atoms with Crippen LogP contribution in [0.4, 0.5) is 0 Å². The Balaban J connectivity index is 4.35. The Bertz CT molecular complexity index is 927. The first-order valence-electron chi connectivity index (χ1n) is 24.9. The predicted molar refractivity (Wildman–Crippen MR) is 243 cm³/mol. The van der Waals surface area contributed by atoms with Crippen molar-refractivity contribution in [3.05, 3.63) is 24.3 Å². The highest BCUT2D eigenvalue weighted by Gasteiger charge is 2.19. The van der Waals surface area contributed by atoms with Crippen LogP contribution in [-0.4, -0.2) is 37.2 Å². The van der Waals surface area contributed by atoms with Crippen LogP contribution in [0, 0.1) is 0 Å². The summed E-state index contributed by atoms with van der Waals surface area (Å²) >= 11 is 0. The van der Waals surface area contributed by atoms with E-state index >= 15 is 0 Å². The molecule has 0 aliphatic carbocycles. The third kappa shape index (κ3) is 44.8. The van der Waals surface area contributed by atoms with Crippen molar-refractivity contribution in [3.8, 4) is 0 Å². The van der Waals surface area contributed by atoms with Gasteiger partial charge in [0.2, 0.25) is 0 Å². The Hall–Kier alpha value is -2.11. The molecule has 0 aliphatic heterocycles. The summed E-state index contributed by atoms with van der Waals surface area (Å²) < 4.78 is 16.7. The van der Waals surface area contributed by atoms with E-state index in [0.717, 1.165) is 70.6 Å². The molecule has 1 atom stereocenters. The van der Waals surface area contributed by atoms with Gasteiger partial charge in [0.25, 0.3) is 0 Å². The predicted octanol–water partition coefficient (Wildman–Crippen LogP) is 16.0. The molecule has 0 bridgehead atoms. The van der Waals surface area contributed by atoms with Crippen LogP contribution in [0.2, 0.25) is 0 Å². The van der Waals surface area contributed by atoms with Gasteiger partial charge >= 0.3 is 17.9 Å². The molecule has 0 N–H and O–H groups in total. The van der Waals surface area contributed by atoms with Gasteiger partial charge in [-0.3, -0.25) is 14.4 Å². The zero-order valence-electron chi connectivity index (χ0n) is 38.1. The molecule has 0 amide bonds. The molecular formula is C51H94O6. The molecule has 1 unspecified atom stereocenters. The molecule has 0 heterocycles. The molecule has 0 aromatic rings. The number of unbranched alkanes of at least 4 members (excludes halogenated alkanes) is 31. The molecule has 0 aliphatic rings. The van der Waals surface area contributed by atoms with Crippen LogP contribution in [0.3, 0.4) is 0 Å². The van der Waals surface area contributed by atoms with Crippen molar-refractivity contribution in [3.63, 3.8) is 0 Å². The van der Waals surface area contributed by atoms with E-state index in [0.29, 0.717) is 19.3 Å². The number of rotatable bonds is 45. The number of ether oxygens (including phenoxy) is 3. The van der Waals surface area contributed by atoms with Gasteiger partial charge in [0.1, 0.15) is 13.2 Å². The second-order valence-corrected chi connectivity index (χ2v) is 16.8. The van der Waals surface area contributed by atoms with Crippen molar-refractivity contribution in [1.82, 2.24) is 0 Å². The molecule has 334 valence electrons. The van der Waals surface area contributed by atoms with Crippen molar-refractivity contribution in [2.75, 3.05) is 13.2 Å². The van der Waals surface area contributed by atoms with Gasteiger partial charge in [-0.15, -0.1) is 0 Å². The van der Waals surface area contributed by atoms with E-state index < -0.39 is 6.10 Å². The highest BCUT2D eigenvalue weighted by atomic mass is 16.6. The van der Waals surface area contributed by atoms with Gasteiger partial charge < -0.3 is 14.2 Å². The maximum atomic E-state index is 12.7. The van der Waals surface area contributed by atoms with Crippen LogP contribution < -0.4 is 0 Å². The third-order valence-electron chi connectivity index (χ3n) is 11.0. The van der Waals surface area contributed by atoms with Crippen LogP contribution in [0.1, 0.15) is 265 Å². The average molecular weight is 803 g/mol. The largest absolute Gasteiger partial charge is 0.462 e. The van der Waals surface area contributed by atoms with Gasteiger partial charge in [-0.05, 0) is 44.9 Å². The van der Waals surface area contributed by atoms with Crippen molar-refractivity contribution in [1.29, 1.82) is 0 Å². The van der Waals surface area contributed by atoms with E-state index in [9.17, 15) is 14.4 Å². The normalized spacial score (nSPS) is 12.1. The standard InChI is InChI=1S/C51H94O6/c1-4-7-10-13-16-19-21-23-25-26-28-29-32-35-38-41-44-50(53)56-47-48(46-55-49(52)43-40-37-34-31-18-15-12-9-6-3)57-51(54)45-42-39-36-33-30-27-24-22-20-17-14-11-8-5-2/h25-26,28-29,48H,4-24,27,30-47H2,1-3H3/b26-25-,29-28-. The van der Waals surface area contributed by atoms with Gasteiger partial charge in [-0.25, -0.2) is 0 Å². The summed E-state index contributed by atoms with van der Waals surface area (Å²) in [7, 11) is 0. The lowest BCUT2D eigenvalue weighted by atomic mass is 10.0. The first kappa shape index (κ1) is 54.9. The van der Waals surface area contributed by atoms with Gasteiger partial charge in [0, 0.05) is 19.3 Å². The van der Waals surface area contributed by atoms with Crippen molar-refractivity contribution < 1.29 is 28.6 Å². The quantitative estimate of drug-likeness (QED) is 0.0264. The van der Waals surface area contributed by atoms with Crippen LogP contribution in [0.15, 0.2) is 24.3 Å². The molecule has 0 radical (unpaired) electrons. The lowest BCUT2D eigenvalue weighted by Crippen LogP contribution is -2.30. The summed E-state index contributed by atoms with van der Waals surface area (Å²) in [6.45, 7) is 6.61. The van der Waals surface area contributed by atoms with Gasteiger partial charge in [0.05, 0.1) is 0 Å². The minimum atomic E-state index is -0.774. The number of esters is 3. The Morgan fingerprint density at radius 3 is 0.947 bits per heavy atom. The van der Waals surface area contributed by atoms with E-state index in [4.69, 9.17) is 14.2 Å². The summed E-state index contributed by atoms with van der Waals surface area (Å²) in [5.74, 6) is -0.895. The smallest absolute Gasteiger partial charge is 0.306 e. The molecule has 6 heteroatoms. The first-order valence-corrected chi connectivity index (χ1v) is 24.9. The fraction of sp³-hybridized carbons (Fsp3) is 0.863. The van der Waals surface area contributed by atoms with Crippen LogP contribution in [0.25, 0.3) is 0 Å². The number of carbonyl (C=O) groups is 3. The molecule has 0 rings (SSSR count). The second kappa shape index (κ2) is 46.6. The SMILES string of the molecule is CCCCCCCCC/C=C\C=C/CCCCCC(=O)OCC(COC(=O)CCCCCCCCCCC)OC(=O)CCCCCCCCCCCCCCCC. The fourth-order valence-corrected chi connectivity index (χ4v) is 7.20. The van der Waals surface area contributed by atoms with Crippen LogP contribution in [-0.2, 0) is 28.6 Å². The number of hydrogen-bond donors (Lipinski definition) is 0. The lowest BCUT2D eigenvalue weighted by molar-refractivity contribution is -0.167. The summed E-state index contributed by atoms with van der Waals surface area (Å²) in [4.78, 5) is 37.8. The molecule has 0 spiro atoms. The first-order chi connectivity index (χ1) is 28.0. The minimum Gasteiger partial charge on any atom is -0.462 e. The number of carbonyl (C=O) groups excluding carboxylic acids is 3. The van der Waals surface area contributed by atoms with E-state index in [1.54, 1.807) is 0 Å². The summed E-state index contributed by atoms with van der Waals surface area (Å²) in [5.41, 5.74) is 0. The fourth-order valence-electron chi connectivity index (χ4n) is 7.20. The molecule has 0 fully saturated rings. The molecule has 0 saturated carbocycles. The van der Waals surface area contributed by atoms with Crippen molar-refractivity contribution in [2.24, 2.45) is 0 Å². The molecule has 0 saturated heterocycles. The summed E-state index contributed by atoms with van der Waals surface area (Å²) in [6, 6.07) is 0. The molecule has 0 aromatic heterocycles. The molecule has 57 heavy (non-hydrogen) atoms. The third-order valence-corrected chi connectivity index (χ3v) is 11.0. The number of hydrogen-bond acceptors (Lipinski definition) is 6. The van der Waals surface area contributed by atoms with E-state index in [-0.39, 0.29) is 31.1 Å². The zero-order chi connectivity index (χ0) is 41.5. The van der Waals surface area contributed by atoms with Crippen molar-refractivity contribution >= 4 is 17.9 Å². The van der Waals surface area contributed by atoms with E-state index in [1.807, 2.05) is 0 Å². The van der Waals surface area contributed by atoms with Gasteiger partial charge in [-0.1, -0.05) is 225 Å². The Morgan fingerprint density at radius 2 is 0.614 bits per heavy atom. The van der Waals surface area contributed by atoms with Crippen LogP contribution in [0.5, 0.6) is 0 Å². The highest BCUT2D eigenvalue weighted by molar-refractivity contribution is 5.71. The van der Waals surface area contributed by atoms with E-state index in [1.165, 1.54) is 154 Å². The topological polar surface area (TPSA) is 78.9 Å². The van der Waals surface area contributed by atoms with Crippen LogP contribution >= 0.6 is 0 Å². The maximum absolute atomic E-state index is 12.7. The Labute approximate surface area is 353 Å². The van der Waals surface area contributed by atoms with Gasteiger partial charge in [0.15, 0.2) is 6.10 Å². The summed E-state index contributed by atoms with van der Waals surface area (Å²) in [6.07, 6.45) is 51.6. The molecular weight excluding hydrogens is 709 g/mol. The lowest BCUT2D eigenvalue weighted by Gasteiger charge is -2.18. The monoisotopic (exact) mass is 803 g/mol. The number of allylic oxidation sites excluding steroid dienone is 4. The Kier molecular flexibility index (Phi) is 44.9. The summed E-state index contributed by atoms with van der Waals surface area (Å²) in [5, 5.41) is 0. The molecule has 6 nitrogen and oxygen atoms in total. The van der Waals surface area contributed by atoms with Crippen molar-refractivity contribution in [2.45, 2.75) is 271 Å². The Morgan fingerprint density at radius 1 is 0.351 bits per heavy atom. The average Bonchev–Trinajstić information content (AvgIpc) is 3.21. The second-order valence-electron chi connectivity index (χ2n) is 16.8. The minimum absolute atomic E-state index is 0.0755. The highest BCUT2D eigenvalue weighted by Crippen LogP contribution is 2.15. The maximum Gasteiger partial charge on any atom is 0.306 e. The van der Waals surface area contributed by atoms with Gasteiger partial charge in [-0.2, -0.15) is 0 Å². The van der Waals surface area contributed by atoms with E-state index in [2.05, 4.69) is 45.1 Å².